The van der Waals surface area contributed by atoms with Crippen LogP contribution in [0.3, 0.4) is 0 Å². The van der Waals surface area contributed by atoms with Crippen molar-refractivity contribution in [3.63, 3.8) is 0 Å². The van der Waals surface area contributed by atoms with Crippen molar-refractivity contribution >= 4 is 21.4 Å². The summed E-state index contributed by atoms with van der Waals surface area (Å²) in [5.74, 6) is 0.513. The lowest BCUT2D eigenvalue weighted by atomic mass is 10.0. The number of benzene rings is 2. The second-order valence-corrected chi connectivity index (χ2v) is 6.89. The Kier molecular flexibility index (Phi) is 4.42. The lowest BCUT2D eigenvalue weighted by Gasteiger charge is -2.13. The van der Waals surface area contributed by atoms with Crippen LogP contribution in [0.2, 0.25) is 0 Å². The molecule has 0 amide bonds. The fourth-order valence-corrected chi connectivity index (χ4v) is 4.10. The van der Waals surface area contributed by atoms with Gasteiger partial charge in [-0.2, -0.15) is 15.4 Å². The van der Waals surface area contributed by atoms with Gasteiger partial charge in [-0.05, 0) is 35.2 Å². The number of fused-ring (bicyclic) bond motifs is 1. The van der Waals surface area contributed by atoms with E-state index in [-0.39, 0.29) is 13.2 Å². The number of H-pyrrole nitrogens is 1. The van der Waals surface area contributed by atoms with E-state index in [1.165, 1.54) is 11.8 Å². The third kappa shape index (κ3) is 2.76. The molecule has 3 N–H and O–H groups in total. The summed E-state index contributed by atoms with van der Waals surface area (Å²) in [6, 6.07) is 13.9. The highest BCUT2D eigenvalue weighted by Crippen LogP contribution is 2.38. The van der Waals surface area contributed by atoms with Gasteiger partial charge in [0.25, 0.3) is 0 Å². The molecule has 0 spiro atoms. The number of aliphatic hydroxyl groups is 2. The molecule has 7 heteroatoms. The normalized spacial score (nSPS) is 11.2. The number of nitrogens with one attached hydrogen (secondary N) is 1. The van der Waals surface area contributed by atoms with Gasteiger partial charge in [-0.3, -0.25) is 0 Å². The molecule has 4 aromatic rings. The fraction of sp³-hybridized carbons (Fsp3) is 0.158. The first kappa shape index (κ1) is 16.7. The summed E-state index contributed by atoms with van der Waals surface area (Å²) in [7, 11) is 1.54. The van der Waals surface area contributed by atoms with E-state index in [1.807, 2.05) is 18.2 Å². The number of thiophene rings is 1. The second-order valence-electron chi connectivity index (χ2n) is 5.80. The van der Waals surface area contributed by atoms with Gasteiger partial charge in [0.2, 0.25) is 0 Å². The minimum absolute atomic E-state index is 0.198. The predicted octanol–water partition coefficient (Wildman–Crippen LogP) is 3.35. The second kappa shape index (κ2) is 6.87. The maximum Gasteiger partial charge on any atom is 0.130 e. The molecule has 26 heavy (non-hydrogen) atoms. The highest BCUT2D eigenvalue weighted by atomic mass is 32.1. The third-order valence-electron chi connectivity index (χ3n) is 4.33. The number of aliphatic hydroxyl groups excluding tert-OH is 2. The van der Waals surface area contributed by atoms with Crippen molar-refractivity contribution in [1.82, 2.24) is 15.4 Å². The molecule has 0 saturated heterocycles. The van der Waals surface area contributed by atoms with E-state index < -0.39 is 0 Å². The largest absolute Gasteiger partial charge is 0.496 e. The molecule has 0 aliphatic heterocycles. The molecule has 0 aliphatic carbocycles. The van der Waals surface area contributed by atoms with Gasteiger partial charge in [-0.25, -0.2) is 0 Å². The van der Waals surface area contributed by atoms with Crippen molar-refractivity contribution < 1.29 is 14.9 Å². The summed E-state index contributed by atoms with van der Waals surface area (Å²) < 4.78 is 6.57. The van der Waals surface area contributed by atoms with Crippen LogP contribution >= 0.6 is 11.3 Å². The lowest BCUT2D eigenvalue weighted by molar-refractivity contribution is 0.254. The Morgan fingerprint density at radius 3 is 2.58 bits per heavy atom. The molecule has 4 rings (SSSR count). The van der Waals surface area contributed by atoms with Crippen molar-refractivity contribution in [1.29, 1.82) is 0 Å². The Bertz CT molecular complexity index is 1010. The van der Waals surface area contributed by atoms with Crippen LogP contribution in [0.4, 0.5) is 0 Å². The molecule has 0 fully saturated rings. The molecule has 2 heterocycles. The van der Waals surface area contributed by atoms with Crippen LogP contribution in [0.5, 0.6) is 5.75 Å². The molecule has 6 nitrogen and oxygen atoms in total. The van der Waals surface area contributed by atoms with Crippen molar-refractivity contribution in [2.24, 2.45) is 0 Å². The number of hydrogen-bond acceptors (Lipinski definition) is 6. The van der Waals surface area contributed by atoms with Crippen LogP contribution in [0.25, 0.3) is 31.9 Å². The van der Waals surface area contributed by atoms with Gasteiger partial charge in [-0.15, -0.1) is 11.3 Å². The molecule has 0 aliphatic rings. The van der Waals surface area contributed by atoms with E-state index in [0.717, 1.165) is 21.5 Å². The molecule has 2 aromatic heterocycles. The number of ether oxygens (including phenoxy) is 1. The van der Waals surface area contributed by atoms with E-state index >= 15 is 0 Å². The van der Waals surface area contributed by atoms with Crippen molar-refractivity contribution in [2.75, 3.05) is 7.11 Å². The summed E-state index contributed by atoms with van der Waals surface area (Å²) in [4.78, 5) is 1.01. The number of hydrogen-bond donors (Lipinski definition) is 3. The van der Waals surface area contributed by atoms with Crippen molar-refractivity contribution in [2.45, 2.75) is 13.2 Å². The number of aromatic amines is 1. The zero-order valence-corrected chi connectivity index (χ0v) is 14.9. The average molecular weight is 367 g/mol. The SMILES string of the molecule is COc1cc(-c2n[nH]nc2-c2cc3ccccc3s2)cc(CO)c1CO. The maximum absolute atomic E-state index is 9.66. The van der Waals surface area contributed by atoms with Gasteiger partial charge in [0.15, 0.2) is 0 Å². The Labute approximate surface area is 153 Å². The minimum atomic E-state index is -0.207. The summed E-state index contributed by atoms with van der Waals surface area (Å²) in [6.07, 6.45) is 0. The van der Waals surface area contributed by atoms with E-state index in [4.69, 9.17) is 4.74 Å². The highest BCUT2D eigenvalue weighted by molar-refractivity contribution is 7.22. The van der Waals surface area contributed by atoms with Crippen LogP contribution in [-0.4, -0.2) is 32.7 Å². The van der Waals surface area contributed by atoms with Crippen molar-refractivity contribution in [3.05, 3.63) is 53.6 Å². The molecule has 2 aromatic carbocycles. The molecule has 0 saturated carbocycles. The van der Waals surface area contributed by atoms with E-state index in [2.05, 4.69) is 33.6 Å². The van der Waals surface area contributed by atoms with Gasteiger partial charge in [0.05, 0.1) is 25.2 Å². The number of rotatable bonds is 5. The molecule has 0 radical (unpaired) electrons. The standard InChI is InChI=1S/C19H17N3O3S/c1-25-15-7-12(6-13(9-23)14(15)10-24)18-19(21-22-20-18)17-8-11-4-2-3-5-16(11)26-17/h2-8,23-24H,9-10H2,1H3,(H,20,21,22). The minimum Gasteiger partial charge on any atom is -0.496 e. The average Bonchev–Trinajstić information content (AvgIpc) is 3.33. The maximum atomic E-state index is 9.66. The molecule has 0 atom stereocenters. The van der Waals surface area contributed by atoms with Crippen LogP contribution < -0.4 is 4.74 Å². The first-order valence-electron chi connectivity index (χ1n) is 8.06. The van der Waals surface area contributed by atoms with E-state index in [0.29, 0.717) is 22.6 Å². The Morgan fingerprint density at radius 1 is 1.04 bits per heavy atom. The Balaban J connectivity index is 1.87. The predicted molar refractivity (Wildman–Crippen MR) is 101 cm³/mol. The quantitative estimate of drug-likeness (QED) is 0.503. The number of aromatic nitrogens is 3. The molecular formula is C19H17N3O3S. The highest BCUT2D eigenvalue weighted by Gasteiger charge is 2.18. The van der Waals surface area contributed by atoms with Gasteiger partial charge in [0, 0.05) is 15.8 Å². The van der Waals surface area contributed by atoms with Gasteiger partial charge < -0.3 is 14.9 Å². The first-order valence-corrected chi connectivity index (χ1v) is 8.88. The summed E-state index contributed by atoms with van der Waals surface area (Å²) in [5, 5.41) is 31.7. The third-order valence-corrected chi connectivity index (χ3v) is 5.45. The fourth-order valence-electron chi connectivity index (χ4n) is 3.05. The first-order chi connectivity index (χ1) is 12.7. The van der Waals surface area contributed by atoms with Gasteiger partial charge in [0.1, 0.15) is 17.1 Å². The lowest BCUT2D eigenvalue weighted by Crippen LogP contribution is -2.00. The van der Waals surface area contributed by atoms with E-state index in [1.54, 1.807) is 17.4 Å². The zero-order chi connectivity index (χ0) is 18.1. The molecule has 0 bridgehead atoms. The molecule has 132 valence electrons. The smallest absolute Gasteiger partial charge is 0.130 e. The van der Waals surface area contributed by atoms with E-state index in [9.17, 15) is 10.2 Å². The Hall–Kier alpha value is -2.74. The van der Waals surface area contributed by atoms with Gasteiger partial charge >= 0.3 is 0 Å². The summed E-state index contributed by atoms with van der Waals surface area (Å²) in [6.45, 7) is -0.405. The van der Waals surface area contributed by atoms with Crippen LogP contribution in [-0.2, 0) is 13.2 Å². The number of methoxy groups -OCH3 is 1. The zero-order valence-electron chi connectivity index (χ0n) is 14.1. The van der Waals surface area contributed by atoms with Crippen LogP contribution in [0.15, 0.2) is 42.5 Å². The molecule has 0 unspecified atom stereocenters. The van der Waals surface area contributed by atoms with Crippen LogP contribution in [0, 0.1) is 0 Å². The summed E-state index contributed by atoms with van der Waals surface area (Å²) in [5.41, 5.74) is 3.37. The number of nitrogens with zero attached hydrogens (tertiary/aromatic N) is 2. The molecular weight excluding hydrogens is 350 g/mol. The van der Waals surface area contributed by atoms with Crippen LogP contribution in [0.1, 0.15) is 11.1 Å². The monoisotopic (exact) mass is 367 g/mol. The van der Waals surface area contributed by atoms with Gasteiger partial charge in [-0.1, -0.05) is 18.2 Å². The summed E-state index contributed by atoms with van der Waals surface area (Å²) >= 11 is 1.65. The topological polar surface area (TPSA) is 91.3 Å². The Morgan fingerprint density at radius 2 is 1.85 bits per heavy atom. The van der Waals surface area contributed by atoms with Crippen molar-refractivity contribution in [3.8, 4) is 27.6 Å².